The highest BCUT2D eigenvalue weighted by Crippen LogP contribution is 2.38. The monoisotopic (exact) mass is 279 g/mol. The second-order valence-electron chi connectivity index (χ2n) is 6.06. The van der Waals surface area contributed by atoms with E-state index in [4.69, 9.17) is 0 Å². The number of rotatable bonds is 3. The quantitative estimate of drug-likeness (QED) is 0.848. The molecule has 2 unspecified atom stereocenters. The first-order valence-corrected chi connectivity index (χ1v) is 7.23. The van der Waals surface area contributed by atoms with Crippen molar-refractivity contribution in [1.82, 2.24) is 4.90 Å². The van der Waals surface area contributed by atoms with Crippen LogP contribution in [0.5, 0.6) is 0 Å². The molecule has 4 heteroatoms. The largest absolute Gasteiger partial charge is 0.300 e. The summed E-state index contributed by atoms with van der Waals surface area (Å²) in [6, 6.07) is 4.68. The molecule has 0 aliphatic carbocycles. The van der Waals surface area contributed by atoms with Crippen molar-refractivity contribution in [2.45, 2.75) is 44.2 Å². The molecule has 2 bridgehead atoms. The summed E-state index contributed by atoms with van der Waals surface area (Å²) in [5.41, 5.74) is -0.0798. The summed E-state index contributed by atoms with van der Waals surface area (Å²) in [5, 5.41) is 0. The van der Waals surface area contributed by atoms with Crippen molar-refractivity contribution >= 4 is 5.78 Å². The highest BCUT2D eigenvalue weighted by atomic mass is 19.1. The first-order chi connectivity index (χ1) is 9.56. The minimum atomic E-state index is -0.616. The summed E-state index contributed by atoms with van der Waals surface area (Å²) >= 11 is 0. The summed E-state index contributed by atoms with van der Waals surface area (Å²) in [6.45, 7) is 0. The van der Waals surface area contributed by atoms with Crippen molar-refractivity contribution in [2.24, 2.45) is 5.92 Å². The van der Waals surface area contributed by atoms with Crippen LogP contribution in [-0.2, 0) is 11.2 Å². The van der Waals surface area contributed by atoms with Gasteiger partial charge in [0.15, 0.2) is 0 Å². The minimum Gasteiger partial charge on any atom is -0.300 e. The van der Waals surface area contributed by atoms with Crippen LogP contribution in [0.2, 0.25) is 0 Å². The van der Waals surface area contributed by atoms with Gasteiger partial charge in [-0.05, 0) is 44.9 Å². The highest BCUT2D eigenvalue weighted by Gasteiger charge is 2.40. The topological polar surface area (TPSA) is 20.3 Å². The van der Waals surface area contributed by atoms with Crippen molar-refractivity contribution in [3.05, 3.63) is 35.4 Å². The third-order valence-electron chi connectivity index (χ3n) is 4.97. The lowest BCUT2D eigenvalue weighted by atomic mass is 9.85. The van der Waals surface area contributed by atoms with Gasteiger partial charge in [0.2, 0.25) is 0 Å². The number of ketones is 1. The molecular formula is C16H19F2NO. The molecule has 20 heavy (non-hydrogen) atoms. The summed E-state index contributed by atoms with van der Waals surface area (Å²) in [7, 11) is 2.11. The number of hydrogen-bond acceptors (Lipinski definition) is 2. The Labute approximate surface area is 117 Å². The molecule has 1 aromatic carbocycles. The van der Waals surface area contributed by atoms with E-state index < -0.39 is 11.6 Å². The van der Waals surface area contributed by atoms with Crippen molar-refractivity contribution in [1.29, 1.82) is 0 Å². The fourth-order valence-corrected chi connectivity index (χ4v) is 3.69. The Morgan fingerprint density at radius 1 is 1.20 bits per heavy atom. The molecule has 0 spiro atoms. The van der Waals surface area contributed by atoms with E-state index in [1.54, 1.807) is 0 Å². The van der Waals surface area contributed by atoms with E-state index in [2.05, 4.69) is 11.9 Å². The van der Waals surface area contributed by atoms with Gasteiger partial charge in [0.05, 0.1) is 0 Å². The molecule has 108 valence electrons. The molecule has 2 fully saturated rings. The van der Waals surface area contributed by atoms with Gasteiger partial charge in [0.25, 0.3) is 0 Å². The number of piperidine rings is 1. The third-order valence-corrected chi connectivity index (χ3v) is 4.97. The summed E-state index contributed by atoms with van der Waals surface area (Å²) in [6.07, 6.45) is 3.83. The van der Waals surface area contributed by atoms with Gasteiger partial charge in [-0.3, -0.25) is 4.79 Å². The van der Waals surface area contributed by atoms with Crippen LogP contribution in [0.1, 0.15) is 31.2 Å². The van der Waals surface area contributed by atoms with E-state index in [0.29, 0.717) is 12.1 Å². The van der Waals surface area contributed by atoms with E-state index >= 15 is 0 Å². The maximum absolute atomic E-state index is 13.6. The lowest BCUT2D eigenvalue weighted by Crippen LogP contribution is -2.42. The van der Waals surface area contributed by atoms with Gasteiger partial charge in [-0.1, -0.05) is 6.07 Å². The van der Waals surface area contributed by atoms with Gasteiger partial charge < -0.3 is 4.90 Å². The number of benzene rings is 1. The van der Waals surface area contributed by atoms with Gasteiger partial charge in [-0.15, -0.1) is 0 Å². The molecular weight excluding hydrogens is 260 g/mol. The fourth-order valence-electron chi connectivity index (χ4n) is 3.69. The Balaban J connectivity index is 1.71. The van der Waals surface area contributed by atoms with E-state index in [0.717, 1.165) is 25.7 Å². The van der Waals surface area contributed by atoms with E-state index in [1.165, 1.54) is 18.2 Å². The number of carbonyl (C=O) groups is 1. The molecule has 0 amide bonds. The summed E-state index contributed by atoms with van der Waals surface area (Å²) in [4.78, 5) is 14.7. The Bertz CT molecular complexity index is 497. The summed E-state index contributed by atoms with van der Waals surface area (Å²) in [5.74, 6) is -1.29. The zero-order valence-electron chi connectivity index (χ0n) is 11.6. The van der Waals surface area contributed by atoms with Crippen LogP contribution in [0.4, 0.5) is 8.78 Å². The molecule has 2 atom stereocenters. The number of fused-ring (bicyclic) bond motifs is 2. The third kappa shape index (κ3) is 2.37. The average Bonchev–Trinajstić information content (AvgIpc) is 2.65. The van der Waals surface area contributed by atoms with Crippen LogP contribution in [-0.4, -0.2) is 29.8 Å². The summed E-state index contributed by atoms with van der Waals surface area (Å²) < 4.78 is 27.2. The van der Waals surface area contributed by atoms with Crippen molar-refractivity contribution < 1.29 is 13.6 Å². The molecule has 2 nitrogen and oxygen atoms in total. The SMILES string of the molecule is CN1C2CCC1CC(C(=O)Cc1c(F)cccc1F)C2. The average molecular weight is 279 g/mol. The maximum Gasteiger partial charge on any atom is 0.140 e. The molecule has 0 saturated carbocycles. The van der Waals surface area contributed by atoms with Crippen LogP contribution in [0.3, 0.4) is 0 Å². The Morgan fingerprint density at radius 2 is 1.75 bits per heavy atom. The first-order valence-electron chi connectivity index (χ1n) is 7.23. The van der Waals surface area contributed by atoms with Gasteiger partial charge in [-0.25, -0.2) is 8.78 Å². The second-order valence-corrected chi connectivity index (χ2v) is 6.06. The fraction of sp³-hybridized carbons (Fsp3) is 0.562. The van der Waals surface area contributed by atoms with Crippen LogP contribution in [0.25, 0.3) is 0 Å². The van der Waals surface area contributed by atoms with Crippen molar-refractivity contribution in [3.63, 3.8) is 0 Å². The number of Topliss-reactive ketones (excluding diaryl/α,β-unsaturated/α-hetero) is 1. The predicted octanol–water partition coefficient (Wildman–Crippen LogP) is 2.95. The molecule has 1 aromatic rings. The molecule has 2 saturated heterocycles. The Morgan fingerprint density at radius 3 is 2.30 bits per heavy atom. The van der Waals surface area contributed by atoms with Crippen molar-refractivity contribution in [2.75, 3.05) is 7.05 Å². The number of hydrogen-bond donors (Lipinski definition) is 0. The van der Waals surface area contributed by atoms with Crippen LogP contribution >= 0.6 is 0 Å². The molecule has 3 rings (SSSR count). The van der Waals surface area contributed by atoms with E-state index in [-0.39, 0.29) is 23.7 Å². The number of halogens is 2. The molecule has 2 heterocycles. The van der Waals surface area contributed by atoms with Gasteiger partial charge in [0.1, 0.15) is 17.4 Å². The van der Waals surface area contributed by atoms with Gasteiger partial charge in [0, 0.05) is 30.0 Å². The Hall–Kier alpha value is -1.29. The first kappa shape index (κ1) is 13.7. The van der Waals surface area contributed by atoms with Crippen LogP contribution in [0, 0.1) is 17.6 Å². The standard InChI is InChI=1S/C16H19F2NO/c1-19-11-5-6-12(19)8-10(7-11)16(20)9-13-14(17)3-2-4-15(13)18/h2-4,10-12H,5-9H2,1H3. The molecule has 0 aromatic heterocycles. The molecule has 2 aliphatic rings. The molecule has 2 aliphatic heterocycles. The zero-order valence-corrected chi connectivity index (χ0v) is 11.6. The predicted molar refractivity (Wildman–Crippen MR) is 72.4 cm³/mol. The highest BCUT2D eigenvalue weighted by molar-refractivity contribution is 5.83. The zero-order chi connectivity index (χ0) is 14.3. The lowest BCUT2D eigenvalue weighted by Gasteiger charge is -2.35. The molecule has 0 radical (unpaired) electrons. The maximum atomic E-state index is 13.6. The lowest BCUT2D eigenvalue weighted by molar-refractivity contribution is -0.124. The van der Waals surface area contributed by atoms with Crippen LogP contribution < -0.4 is 0 Å². The Kier molecular flexibility index (Phi) is 3.59. The van der Waals surface area contributed by atoms with E-state index in [1.807, 2.05) is 0 Å². The second kappa shape index (κ2) is 5.24. The van der Waals surface area contributed by atoms with Gasteiger partial charge in [-0.2, -0.15) is 0 Å². The number of nitrogens with zero attached hydrogens (tertiary/aromatic N) is 1. The molecule has 0 N–H and O–H groups in total. The van der Waals surface area contributed by atoms with Crippen molar-refractivity contribution in [3.8, 4) is 0 Å². The van der Waals surface area contributed by atoms with Crippen LogP contribution in [0.15, 0.2) is 18.2 Å². The number of carbonyl (C=O) groups excluding carboxylic acids is 1. The van der Waals surface area contributed by atoms with E-state index in [9.17, 15) is 13.6 Å². The normalized spacial score (nSPS) is 29.6. The smallest absolute Gasteiger partial charge is 0.140 e. The minimum absolute atomic E-state index is 0.0148. The van der Waals surface area contributed by atoms with Gasteiger partial charge >= 0.3 is 0 Å².